The molecule has 0 saturated heterocycles. The van der Waals surface area contributed by atoms with Crippen LogP contribution in [0.15, 0.2) is 4.99 Å². The van der Waals surface area contributed by atoms with Crippen molar-refractivity contribution in [1.29, 1.82) is 0 Å². The molecule has 5 nitrogen and oxygen atoms in total. The maximum Gasteiger partial charge on any atom is 0.191 e. The van der Waals surface area contributed by atoms with Gasteiger partial charge in [0.1, 0.15) is 0 Å². The summed E-state index contributed by atoms with van der Waals surface area (Å²) in [6, 6.07) is 0.481. The van der Waals surface area contributed by atoms with Crippen LogP contribution in [-0.4, -0.2) is 51.5 Å². The highest BCUT2D eigenvalue weighted by Gasteiger charge is 2.59. The Morgan fingerprint density at radius 3 is 2.42 bits per heavy atom. The van der Waals surface area contributed by atoms with E-state index in [1.165, 1.54) is 19.3 Å². The van der Waals surface area contributed by atoms with Crippen molar-refractivity contribution in [2.45, 2.75) is 71.6 Å². The molecule has 3 atom stereocenters. The highest BCUT2D eigenvalue weighted by molar-refractivity contribution is 14.0. The van der Waals surface area contributed by atoms with Crippen molar-refractivity contribution < 1.29 is 9.47 Å². The second-order valence-electron chi connectivity index (χ2n) is 8.01. The van der Waals surface area contributed by atoms with Crippen LogP contribution in [0, 0.1) is 10.8 Å². The molecule has 2 saturated carbocycles. The molecular formula is C18H36IN3O2. The van der Waals surface area contributed by atoms with Gasteiger partial charge in [0.05, 0.1) is 12.2 Å². The van der Waals surface area contributed by atoms with E-state index in [9.17, 15) is 0 Å². The number of rotatable bonds is 6. The number of nitrogens with one attached hydrogen (secondary N) is 2. The van der Waals surface area contributed by atoms with Gasteiger partial charge < -0.3 is 20.1 Å². The van der Waals surface area contributed by atoms with Crippen LogP contribution in [0.1, 0.15) is 53.4 Å². The van der Waals surface area contributed by atoms with Crippen LogP contribution in [0.25, 0.3) is 0 Å². The van der Waals surface area contributed by atoms with Crippen molar-refractivity contribution in [2.75, 3.05) is 27.3 Å². The van der Waals surface area contributed by atoms with Crippen LogP contribution >= 0.6 is 24.0 Å². The Hall–Kier alpha value is -0.0800. The molecule has 2 aliphatic carbocycles. The minimum Gasteiger partial charge on any atom is -0.379 e. The van der Waals surface area contributed by atoms with Crippen molar-refractivity contribution in [3.63, 3.8) is 0 Å². The van der Waals surface area contributed by atoms with E-state index < -0.39 is 0 Å². The summed E-state index contributed by atoms with van der Waals surface area (Å²) in [5.74, 6) is 0.877. The van der Waals surface area contributed by atoms with Crippen LogP contribution in [0.2, 0.25) is 0 Å². The highest BCUT2D eigenvalue weighted by Crippen LogP contribution is 2.57. The number of guanidine groups is 1. The fraction of sp³-hybridized carbons (Fsp3) is 0.944. The van der Waals surface area contributed by atoms with E-state index in [2.05, 4.69) is 43.3 Å². The molecule has 0 aromatic rings. The molecule has 1 spiro atoms. The summed E-state index contributed by atoms with van der Waals surface area (Å²) in [5.41, 5.74) is 0.449. The second kappa shape index (κ2) is 9.03. The van der Waals surface area contributed by atoms with E-state index >= 15 is 0 Å². The molecule has 2 aliphatic rings. The minimum absolute atomic E-state index is 0. The van der Waals surface area contributed by atoms with Crippen LogP contribution in [0.4, 0.5) is 0 Å². The minimum atomic E-state index is 0. The summed E-state index contributed by atoms with van der Waals surface area (Å²) in [4.78, 5) is 4.39. The predicted molar refractivity (Wildman–Crippen MR) is 110 cm³/mol. The van der Waals surface area contributed by atoms with Gasteiger partial charge >= 0.3 is 0 Å². The zero-order valence-corrected chi connectivity index (χ0v) is 18.5. The fourth-order valence-electron chi connectivity index (χ4n) is 3.93. The number of aliphatic imine (C=N–C) groups is 1. The molecule has 0 aromatic carbocycles. The quantitative estimate of drug-likeness (QED) is 0.369. The summed E-state index contributed by atoms with van der Waals surface area (Å²) >= 11 is 0. The molecular weight excluding hydrogens is 417 g/mol. The first-order valence-corrected chi connectivity index (χ1v) is 8.99. The Bertz CT molecular complexity index is 419. The van der Waals surface area contributed by atoms with E-state index in [-0.39, 0.29) is 35.5 Å². The lowest BCUT2D eigenvalue weighted by Crippen LogP contribution is -2.68. The zero-order valence-electron chi connectivity index (χ0n) is 16.1. The SMILES string of the molecule is CCOC1CC(NC(=NC)NCC(OC)C(C)(C)C)C12CCC2.I. The molecule has 0 aromatic heterocycles. The Morgan fingerprint density at radius 1 is 1.33 bits per heavy atom. The number of ether oxygens (including phenoxy) is 2. The number of methoxy groups -OCH3 is 1. The smallest absolute Gasteiger partial charge is 0.191 e. The van der Waals surface area contributed by atoms with Gasteiger partial charge in [0.15, 0.2) is 5.96 Å². The normalized spacial score (nSPS) is 26.8. The predicted octanol–water partition coefficient (Wildman–Crippen LogP) is 3.18. The molecule has 0 heterocycles. The lowest BCUT2D eigenvalue weighted by Gasteiger charge is -2.61. The topological polar surface area (TPSA) is 54.9 Å². The van der Waals surface area contributed by atoms with E-state index in [1.807, 2.05) is 7.05 Å². The maximum absolute atomic E-state index is 5.92. The molecule has 6 heteroatoms. The summed E-state index contributed by atoms with van der Waals surface area (Å²) < 4.78 is 11.5. The third kappa shape index (κ3) is 4.55. The van der Waals surface area contributed by atoms with Crippen LogP contribution < -0.4 is 10.6 Å². The van der Waals surface area contributed by atoms with Gasteiger partial charge in [0.2, 0.25) is 0 Å². The molecule has 2 fully saturated rings. The molecule has 0 bridgehead atoms. The first-order chi connectivity index (χ1) is 10.9. The van der Waals surface area contributed by atoms with Gasteiger partial charge in [-0.2, -0.15) is 0 Å². The largest absolute Gasteiger partial charge is 0.379 e. The standard InChI is InChI=1S/C18H35N3O2.HI/c1-7-23-14-11-13(18(14)9-8-10-18)21-16(19-5)20-12-15(22-6)17(2,3)4;/h13-15H,7-12H2,1-6H3,(H2,19,20,21);1H. The number of hydrogen-bond acceptors (Lipinski definition) is 3. The van der Waals surface area contributed by atoms with Gasteiger partial charge in [0, 0.05) is 38.8 Å². The molecule has 142 valence electrons. The summed E-state index contributed by atoms with van der Waals surface area (Å²) in [7, 11) is 3.61. The van der Waals surface area contributed by atoms with E-state index in [0.717, 1.165) is 25.5 Å². The van der Waals surface area contributed by atoms with Gasteiger partial charge in [-0.15, -0.1) is 24.0 Å². The van der Waals surface area contributed by atoms with Crippen LogP contribution in [0.3, 0.4) is 0 Å². The van der Waals surface area contributed by atoms with Crippen molar-refractivity contribution in [3.05, 3.63) is 0 Å². The third-order valence-corrected chi connectivity index (χ3v) is 5.68. The van der Waals surface area contributed by atoms with Gasteiger partial charge in [-0.25, -0.2) is 0 Å². The number of hydrogen-bond donors (Lipinski definition) is 2. The monoisotopic (exact) mass is 453 g/mol. The fourth-order valence-corrected chi connectivity index (χ4v) is 3.93. The molecule has 3 unspecified atom stereocenters. The Labute approximate surface area is 164 Å². The van der Waals surface area contributed by atoms with Gasteiger partial charge in [-0.3, -0.25) is 4.99 Å². The summed E-state index contributed by atoms with van der Waals surface area (Å²) in [6.07, 6.45) is 5.53. The van der Waals surface area contributed by atoms with E-state index in [1.54, 1.807) is 7.11 Å². The van der Waals surface area contributed by atoms with Gasteiger partial charge in [-0.05, 0) is 31.6 Å². The lowest BCUT2D eigenvalue weighted by atomic mass is 9.51. The molecule has 2 N–H and O–H groups in total. The van der Waals surface area contributed by atoms with Crippen LogP contribution in [-0.2, 0) is 9.47 Å². The van der Waals surface area contributed by atoms with Crippen molar-refractivity contribution in [1.82, 2.24) is 10.6 Å². The second-order valence-corrected chi connectivity index (χ2v) is 8.01. The molecule has 0 radical (unpaired) electrons. The zero-order chi connectivity index (χ0) is 17.1. The van der Waals surface area contributed by atoms with Gasteiger partial charge in [0.25, 0.3) is 0 Å². The summed E-state index contributed by atoms with van der Waals surface area (Å²) in [5, 5.41) is 7.05. The number of halogens is 1. The van der Waals surface area contributed by atoms with E-state index in [4.69, 9.17) is 9.47 Å². The third-order valence-electron chi connectivity index (χ3n) is 5.68. The molecule has 24 heavy (non-hydrogen) atoms. The lowest BCUT2D eigenvalue weighted by molar-refractivity contribution is -0.168. The first kappa shape index (κ1) is 22.0. The van der Waals surface area contributed by atoms with Gasteiger partial charge in [-0.1, -0.05) is 27.2 Å². The Morgan fingerprint density at radius 2 is 2.00 bits per heavy atom. The average molecular weight is 453 g/mol. The Kier molecular flexibility index (Phi) is 8.26. The van der Waals surface area contributed by atoms with Crippen molar-refractivity contribution in [3.8, 4) is 0 Å². The molecule has 2 rings (SSSR count). The van der Waals surface area contributed by atoms with Crippen LogP contribution in [0.5, 0.6) is 0 Å². The highest BCUT2D eigenvalue weighted by atomic mass is 127. The maximum atomic E-state index is 5.92. The molecule has 0 amide bonds. The molecule has 0 aliphatic heterocycles. The first-order valence-electron chi connectivity index (χ1n) is 8.99. The van der Waals surface area contributed by atoms with Crippen molar-refractivity contribution >= 4 is 29.9 Å². The summed E-state index contributed by atoms with van der Waals surface area (Å²) in [6.45, 7) is 10.2. The van der Waals surface area contributed by atoms with Crippen molar-refractivity contribution in [2.24, 2.45) is 15.8 Å². The number of nitrogens with zero attached hydrogens (tertiary/aromatic N) is 1. The van der Waals surface area contributed by atoms with E-state index in [0.29, 0.717) is 17.6 Å². The Balaban J connectivity index is 0.00000288. The average Bonchev–Trinajstić information content (AvgIpc) is 2.41.